The minimum Gasteiger partial charge on any atom is -0.351 e. The van der Waals surface area contributed by atoms with Crippen molar-refractivity contribution in [3.63, 3.8) is 0 Å². The molecule has 2 heterocycles. The van der Waals surface area contributed by atoms with Gasteiger partial charge in [0.25, 0.3) is 0 Å². The Morgan fingerprint density at radius 1 is 1.25 bits per heavy atom. The Bertz CT molecular complexity index is 824. The first-order valence-corrected chi connectivity index (χ1v) is 8.54. The van der Waals surface area contributed by atoms with Gasteiger partial charge in [-0.25, -0.2) is 4.98 Å². The van der Waals surface area contributed by atoms with E-state index in [4.69, 9.17) is 11.6 Å². The smallest absolute Gasteiger partial charge is 0.230 e. The second-order valence-electron chi connectivity index (χ2n) is 4.90. The Morgan fingerprint density at radius 2 is 2.08 bits per heavy atom. The van der Waals surface area contributed by atoms with Crippen molar-refractivity contribution in [3.8, 4) is 11.4 Å². The number of aromatic nitrogens is 4. The summed E-state index contributed by atoms with van der Waals surface area (Å²) in [5, 5.41) is 11.0. The van der Waals surface area contributed by atoms with Crippen LogP contribution in [0.2, 0.25) is 5.02 Å². The Kier molecular flexibility index (Phi) is 5.45. The molecule has 24 heavy (non-hydrogen) atoms. The normalized spacial score (nSPS) is 10.5. The minimum atomic E-state index is -0.0877. The molecule has 0 saturated heterocycles. The van der Waals surface area contributed by atoms with E-state index >= 15 is 0 Å². The third-order valence-electron chi connectivity index (χ3n) is 3.13. The van der Waals surface area contributed by atoms with E-state index in [0.29, 0.717) is 22.5 Å². The molecule has 2 N–H and O–H groups in total. The van der Waals surface area contributed by atoms with Crippen LogP contribution in [-0.2, 0) is 11.3 Å². The number of amides is 1. The zero-order valence-corrected chi connectivity index (χ0v) is 14.1. The average Bonchev–Trinajstić information content (AvgIpc) is 3.08. The maximum atomic E-state index is 11.9. The molecule has 122 valence electrons. The molecule has 1 aromatic carbocycles. The number of aromatic amines is 1. The van der Waals surface area contributed by atoms with E-state index in [-0.39, 0.29) is 11.7 Å². The predicted molar refractivity (Wildman–Crippen MR) is 93.6 cm³/mol. The number of rotatable bonds is 6. The third-order valence-corrected chi connectivity index (χ3v) is 4.21. The highest BCUT2D eigenvalue weighted by Crippen LogP contribution is 2.18. The summed E-state index contributed by atoms with van der Waals surface area (Å²) in [4.78, 5) is 20.2. The molecule has 0 aliphatic rings. The van der Waals surface area contributed by atoms with Crippen molar-refractivity contribution in [2.24, 2.45) is 0 Å². The van der Waals surface area contributed by atoms with E-state index in [1.807, 2.05) is 30.3 Å². The molecule has 3 aromatic rings. The van der Waals surface area contributed by atoms with Crippen LogP contribution >= 0.6 is 23.4 Å². The molecule has 0 saturated carbocycles. The molecular formula is C16H14ClN5OS. The summed E-state index contributed by atoms with van der Waals surface area (Å²) in [6, 6.07) is 11.1. The molecule has 0 aliphatic carbocycles. The first kappa shape index (κ1) is 16.5. The van der Waals surface area contributed by atoms with Gasteiger partial charge < -0.3 is 5.32 Å². The fraction of sp³-hybridized carbons (Fsp3) is 0.125. The van der Waals surface area contributed by atoms with Crippen LogP contribution in [0.25, 0.3) is 11.4 Å². The van der Waals surface area contributed by atoms with Gasteiger partial charge in [-0.3, -0.25) is 14.9 Å². The number of hydrogen-bond donors (Lipinski definition) is 2. The molecule has 0 unspecified atom stereocenters. The van der Waals surface area contributed by atoms with Crippen molar-refractivity contribution in [2.45, 2.75) is 11.7 Å². The van der Waals surface area contributed by atoms with Gasteiger partial charge in [0.05, 0.1) is 5.75 Å². The number of hydrogen-bond acceptors (Lipinski definition) is 5. The highest BCUT2D eigenvalue weighted by molar-refractivity contribution is 7.99. The quantitative estimate of drug-likeness (QED) is 0.661. The van der Waals surface area contributed by atoms with Gasteiger partial charge >= 0.3 is 0 Å². The number of halogens is 1. The molecule has 0 bridgehead atoms. The predicted octanol–water partition coefficient (Wildman–Crippen LogP) is 2.93. The molecule has 0 fully saturated rings. The summed E-state index contributed by atoms with van der Waals surface area (Å²) in [6.07, 6.45) is 3.38. The van der Waals surface area contributed by atoms with E-state index in [0.717, 1.165) is 11.1 Å². The largest absolute Gasteiger partial charge is 0.351 e. The van der Waals surface area contributed by atoms with E-state index < -0.39 is 0 Å². The topological polar surface area (TPSA) is 83.6 Å². The number of H-pyrrole nitrogens is 1. The van der Waals surface area contributed by atoms with Crippen LogP contribution in [0.4, 0.5) is 0 Å². The fourth-order valence-corrected chi connectivity index (χ4v) is 2.82. The zero-order chi connectivity index (χ0) is 16.8. The molecule has 6 nitrogen and oxygen atoms in total. The van der Waals surface area contributed by atoms with Crippen molar-refractivity contribution in [2.75, 3.05) is 5.75 Å². The van der Waals surface area contributed by atoms with Crippen LogP contribution in [0.15, 0.2) is 53.9 Å². The molecular weight excluding hydrogens is 346 g/mol. The number of nitrogens with one attached hydrogen (secondary N) is 2. The number of nitrogens with zero attached hydrogens (tertiary/aromatic N) is 3. The standard InChI is InChI=1S/C16H14ClN5OS/c17-13-3-1-2-11(8-13)9-19-14(23)10-24-16-20-15(21-22-16)12-4-6-18-7-5-12/h1-8H,9-10H2,(H,19,23)(H,20,21,22). The van der Waals surface area contributed by atoms with Crippen LogP contribution in [-0.4, -0.2) is 31.8 Å². The summed E-state index contributed by atoms with van der Waals surface area (Å²) < 4.78 is 0. The number of pyridine rings is 1. The van der Waals surface area contributed by atoms with Gasteiger partial charge in [0, 0.05) is 29.5 Å². The zero-order valence-electron chi connectivity index (χ0n) is 12.6. The molecule has 0 spiro atoms. The van der Waals surface area contributed by atoms with Crippen molar-refractivity contribution in [3.05, 3.63) is 59.4 Å². The maximum Gasteiger partial charge on any atom is 0.230 e. The summed E-state index contributed by atoms with van der Waals surface area (Å²) in [5.41, 5.74) is 1.86. The molecule has 0 atom stereocenters. The monoisotopic (exact) mass is 359 g/mol. The van der Waals surface area contributed by atoms with Crippen LogP contribution in [0, 0.1) is 0 Å². The molecule has 2 aromatic heterocycles. The molecule has 3 rings (SSSR count). The summed E-state index contributed by atoms with van der Waals surface area (Å²) in [7, 11) is 0. The summed E-state index contributed by atoms with van der Waals surface area (Å²) in [5.74, 6) is 0.809. The van der Waals surface area contributed by atoms with Crippen molar-refractivity contribution in [1.29, 1.82) is 0 Å². The molecule has 8 heteroatoms. The number of benzene rings is 1. The lowest BCUT2D eigenvalue weighted by Gasteiger charge is -2.04. The second-order valence-corrected chi connectivity index (χ2v) is 6.28. The first-order valence-electron chi connectivity index (χ1n) is 7.17. The van der Waals surface area contributed by atoms with Gasteiger partial charge in [-0.15, -0.1) is 5.10 Å². The minimum absolute atomic E-state index is 0.0877. The Hall–Kier alpha value is -2.38. The van der Waals surface area contributed by atoms with Crippen molar-refractivity contribution in [1.82, 2.24) is 25.5 Å². The van der Waals surface area contributed by atoms with Gasteiger partial charge in [-0.05, 0) is 29.8 Å². The lowest BCUT2D eigenvalue weighted by atomic mass is 10.2. The first-order chi connectivity index (χ1) is 11.7. The van der Waals surface area contributed by atoms with E-state index in [1.54, 1.807) is 18.5 Å². The third kappa shape index (κ3) is 4.56. The van der Waals surface area contributed by atoms with Gasteiger partial charge in [-0.2, -0.15) is 0 Å². The number of carbonyl (C=O) groups is 1. The number of carbonyl (C=O) groups excluding carboxylic acids is 1. The summed E-state index contributed by atoms with van der Waals surface area (Å²) >= 11 is 7.19. The highest BCUT2D eigenvalue weighted by atomic mass is 35.5. The lowest BCUT2D eigenvalue weighted by Crippen LogP contribution is -2.24. The Labute approximate surface area is 148 Å². The van der Waals surface area contributed by atoms with E-state index in [2.05, 4.69) is 25.5 Å². The molecule has 1 amide bonds. The van der Waals surface area contributed by atoms with Gasteiger partial charge in [0.15, 0.2) is 5.82 Å². The van der Waals surface area contributed by atoms with Gasteiger partial charge in [-0.1, -0.05) is 35.5 Å². The van der Waals surface area contributed by atoms with E-state index in [1.165, 1.54) is 11.8 Å². The SMILES string of the molecule is O=C(CSc1n[nH]c(-c2ccncc2)n1)NCc1cccc(Cl)c1. The fourth-order valence-electron chi connectivity index (χ4n) is 1.98. The lowest BCUT2D eigenvalue weighted by molar-refractivity contribution is -0.118. The second kappa shape index (κ2) is 7.94. The maximum absolute atomic E-state index is 11.9. The Morgan fingerprint density at radius 3 is 2.88 bits per heavy atom. The van der Waals surface area contributed by atoms with Crippen LogP contribution in [0.5, 0.6) is 0 Å². The highest BCUT2D eigenvalue weighted by Gasteiger charge is 2.09. The Balaban J connectivity index is 1.49. The molecule has 0 radical (unpaired) electrons. The van der Waals surface area contributed by atoms with Crippen LogP contribution in [0.3, 0.4) is 0 Å². The van der Waals surface area contributed by atoms with Crippen LogP contribution < -0.4 is 5.32 Å². The summed E-state index contributed by atoms with van der Waals surface area (Å²) in [6.45, 7) is 0.441. The van der Waals surface area contributed by atoms with Crippen molar-refractivity contribution < 1.29 is 4.79 Å². The number of thioether (sulfide) groups is 1. The van der Waals surface area contributed by atoms with Gasteiger partial charge in [0.2, 0.25) is 11.1 Å². The van der Waals surface area contributed by atoms with E-state index in [9.17, 15) is 4.79 Å². The molecule has 0 aliphatic heterocycles. The van der Waals surface area contributed by atoms with Crippen molar-refractivity contribution >= 4 is 29.3 Å². The average molecular weight is 360 g/mol. The van der Waals surface area contributed by atoms with Gasteiger partial charge in [0.1, 0.15) is 0 Å². The van der Waals surface area contributed by atoms with Crippen LogP contribution in [0.1, 0.15) is 5.56 Å².